The van der Waals surface area contributed by atoms with Crippen molar-refractivity contribution in [2.45, 2.75) is 44.8 Å². The van der Waals surface area contributed by atoms with E-state index in [0.29, 0.717) is 56.0 Å². The van der Waals surface area contributed by atoms with Crippen LogP contribution in [0.1, 0.15) is 43.7 Å². The summed E-state index contributed by atoms with van der Waals surface area (Å²) >= 11 is 0. The Morgan fingerprint density at radius 3 is 2.64 bits per heavy atom. The molecule has 0 aliphatic carbocycles. The van der Waals surface area contributed by atoms with Gasteiger partial charge in [0.2, 0.25) is 11.8 Å². The van der Waals surface area contributed by atoms with Gasteiger partial charge in [-0.05, 0) is 36.6 Å². The van der Waals surface area contributed by atoms with Crippen LogP contribution in [0, 0.1) is 5.92 Å². The number of fused-ring (bicyclic) bond motifs is 1. The van der Waals surface area contributed by atoms with E-state index in [1.165, 1.54) is 12.0 Å². The lowest BCUT2D eigenvalue weighted by Gasteiger charge is -2.30. The molecule has 236 valence electrons. The lowest BCUT2D eigenvalue weighted by atomic mass is 9.82. The second-order valence-corrected chi connectivity index (χ2v) is 11.1. The van der Waals surface area contributed by atoms with Gasteiger partial charge in [-0.2, -0.15) is 0 Å². The first kappa shape index (κ1) is 32.8. The topological polar surface area (TPSA) is 140 Å². The highest BCUT2D eigenvalue weighted by Crippen LogP contribution is 2.46. The SMILES string of the molecule is COC(=O)CCCCN1C(=O)[C@](O)([C@H](C)/C=C/CC(=O)N(CCO)Cc2ccccc2)c2cc(N3CCNCC3=O)ccc21. The van der Waals surface area contributed by atoms with Gasteiger partial charge in [0, 0.05) is 62.7 Å². The second-order valence-electron chi connectivity index (χ2n) is 11.1. The van der Waals surface area contributed by atoms with Gasteiger partial charge in [-0.3, -0.25) is 19.2 Å². The number of aliphatic hydroxyl groups is 2. The van der Waals surface area contributed by atoms with Crippen LogP contribution < -0.4 is 15.1 Å². The molecule has 0 radical (unpaired) electrons. The maximum atomic E-state index is 13.9. The summed E-state index contributed by atoms with van der Waals surface area (Å²) in [6.45, 7) is 3.69. The fourth-order valence-electron chi connectivity index (χ4n) is 5.70. The van der Waals surface area contributed by atoms with Crippen molar-refractivity contribution in [3.8, 4) is 0 Å². The number of aliphatic hydroxyl groups excluding tert-OH is 1. The van der Waals surface area contributed by atoms with Gasteiger partial charge in [0.25, 0.3) is 5.91 Å². The van der Waals surface area contributed by atoms with Crippen LogP contribution in [0.15, 0.2) is 60.7 Å². The van der Waals surface area contributed by atoms with Crippen LogP contribution in [0.3, 0.4) is 0 Å². The Morgan fingerprint density at radius 2 is 1.93 bits per heavy atom. The molecule has 2 aliphatic rings. The predicted octanol–water partition coefficient (Wildman–Crippen LogP) is 2.10. The molecule has 1 saturated heterocycles. The van der Waals surface area contributed by atoms with Gasteiger partial charge in [0.15, 0.2) is 5.60 Å². The van der Waals surface area contributed by atoms with Gasteiger partial charge >= 0.3 is 5.97 Å². The Labute approximate surface area is 258 Å². The number of hydrogen-bond donors (Lipinski definition) is 3. The van der Waals surface area contributed by atoms with E-state index in [4.69, 9.17) is 4.74 Å². The fraction of sp³-hybridized carbons (Fsp3) is 0.455. The van der Waals surface area contributed by atoms with Gasteiger partial charge < -0.3 is 35.0 Å². The van der Waals surface area contributed by atoms with E-state index in [2.05, 4.69) is 5.32 Å². The highest BCUT2D eigenvalue weighted by atomic mass is 16.5. The summed E-state index contributed by atoms with van der Waals surface area (Å²) in [6, 6.07) is 14.8. The van der Waals surface area contributed by atoms with Crippen molar-refractivity contribution in [1.82, 2.24) is 10.2 Å². The van der Waals surface area contributed by atoms with E-state index >= 15 is 0 Å². The number of methoxy groups -OCH3 is 1. The maximum absolute atomic E-state index is 13.9. The smallest absolute Gasteiger partial charge is 0.305 e. The monoisotopic (exact) mass is 606 g/mol. The summed E-state index contributed by atoms with van der Waals surface area (Å²) < 4.78 is 4.71. The average molecular weight is 607 g/mol. The van der Waals surface area contributed by atoms with Crippen LogP contribution in [0.25, 0.3) is 0 Å². The van der Waals surface area contributed by atoms with E-state index in [1.54, 1.807) is 47.1 Å². The van der Waals surface area contributed by atoms with Crippen molar-refractivity contribution in [1.29, 1.82) is 0 Å². The van der Waals surface area contributed by atoms with Crippen molar-refractivity contribution in [3.63, 3.8) is 0 Å². The summed E-state index contributed by atoms with van der Waals surface area (Å²) in [5.41, 5.74) is 0.559. The number of benzene rings is 2. The largest absolute Gasteiger partial charge is 0.469 e. The maximum Gasteiger partial charge on any atom is 0.305 e. The summed E-state index contributed by atoms with van der Waals surface area (Å²) in [4.78, 5) is 55.9. The number of rotatable bonds is 14. The van der Waals surface area contributed by atoms with E-state index in [1.807, 2.05) is 30.3 Å². The zero-order valence-electron chi connectivity index (χ0n) is 25.4. The van der Waals surface area contributed by atoms with Crippen molar-refractivity contribution in [3.05, 3.63) is 71.8 Å². The first-order valence-corrected chi connectivity index (χ1v) is 15.1. The quantitative estimate of drug-likeness (QED) is 0.169. The number of anilines is 2. The molecule has 3 N–H and O–H groups in total. The van der Waals surface area contributed by atoms with Crippen LogP contribution >= 0.6 is 0 Å². The van der Waals surface area contributed by atoms with Gasteiger partial charge in [-0.15, -0.1) is 0 Å². The molecule has 2 aromatic rings. The number of amides is 3. The number of nitrogens with one attached hydrogen (secondary N) is 1. The first-order chi connectivity index (χ1) is 21.2. The third-order valence-electron chi connectivity index (χ3n) is 8.21. The molecule has 2 aromatic carbocycles. The molecule has 11 heteroatoms. The van der Waals surface area contributed by atoms with E-state index in [0.717, 1.165) is 5.56 Å². The molecule has 2 atom stereocenters. The Kier molecular flexibility index (Phi) is 11.3. The lowest BCUT2D eigenvalue weighted by molar-refractivity contribution is -0.140. The van der Waals surface area contributed by atoms with Gasteiger partial charge in [0.1, 0.15) is 0 Å². The number of esters is 1. The average Bonchev–Trinajstić information content (AvgIpc) is 3.25. The lowest BCUT2D eigenvalue weighted by Crippen LogP contribution is -2.48. The molecule has 0 spiro atoms. The zero-order chi connectivity index (χ0) is 31.7. The van der Waals surface area contributed by atoms with Crippen LogP contribution in [0.2, 0.25) is 0 Å². The van der Waals surface area contributed by atoms with Crippen molar-refractivity contribution in [2.24, 2.45) is 5.92 Å². The normalized spacial score (nSPS) is 18.9. The third-order valence-corrected chi connectivity index (χ3v) is 8.21. The van der Waals surface area contributed by atoms with E-state index < -0.39 is 17.4 Å². The third kappa shape index (κ3) is 7.35. The highest BCUT2D eigenvalue weighted by molar-refractivity contribution is 6.08. The molecule has 2 aliphatic heterocycles. The molecule has 11 nitrogen and oxygen atoms in total. The standard InChI is InChI=1S/C33H42N4O7/c1-24(9-8-12-29(39)35(19-20-38)23-25-10-4-3-5-11-25)33(43)27-21-26(36-18-16-34-22-30(36)40)14-15-28(27)37(32(33)42)17-7-6-13-31(41)44-2/h3-5,8-11,14-15,21,24,34,38,43H,6-7,12-13,16-20,22-23H2,1-2H3/b9-8+/t24-,33+/m1/s1. The molecule has 2 heterocycles. The summed E-state index contributed by atoms with van der Waals surface area (Å²) in [5.74, 6) is -1.82. The molecular formula is C33H42N4O7. The van der Waals surface area contributed by atoms with E-state index in [9.17, 15) is 29.4 Å². The van der Waals surface area contributed by atoms with Crippen molar-refractivity contribution in [2.75, 3.05) is 56.2 Å². The molecule has 44 heavy (non-hydrogen) atoms. The summed E-state index contributed by atoms with van der Waals surface area (Å²) in [5, 5.41) is 24.7. The van der Waals surface area contributed by atoms with Crippen molar-refractivity contribution >= 4 is 35.1 Å². The molecule has 0 saturated carbocycles. The van der Waals surface area contributed by atoms with Crippen LogP contribution in [0.5, 0.6) is 0 Å². The molecule has 4 rings (SSSR count). The number of ether oxygens (including phenoxy) is 1. The highest BCUT2D eigenvalue weighted by Gasteiger charge is 2.52. The van der Waals surface area contributed by atoms with Crippen LogP contribution in [0.4, 0.5) is 11.4 Å². The van der Waals surface area contributed by atoms with Crippen LogP contribution in [-0.4, -0.2) is 85.2 Å². The van der Waals surface area contributed by atoms with Gasteiger partial charge in [0.05, 0.1) is 25.9 Å². The molecular weight excluding hydrogens is 564 g/mol. The van der Waals surface area contributed by atoms with Crippen LogP contribution in [-0.2, 0) is 36.1 Å². The first-order valence-electron chi connectivity index (χ1n) is 15.1. The summed E-state index contributed by atoms with van der Waals surface area (Å²) in [6.07, 6.45) is 4.61. The minimum Gasteiger partial charge on any atom is -0.469 e. The van der Waals surface area contributed by atoms with Gasteiger partial charge in [-0.1, -0.05) is 49.4 Å². The summed E-state index contributed by atoms with van der Waals surface area (Å²) in [7, 11) is 1.33. The Morgan fingerprint density at radius 1 is 1.16 bits per heavy atom. The predicted molar refractivity (Wildman–Crippen MR) is 166 cm³/mol. The molecule has 0 aromatic heterocycles. The van der Waals surface area contributed by atoms with Crippen molar-refractivity contribution < 1.29 is 34.1 Å². The molecule has 0 bridgehead atoms. The number of carbonyl (C=O) groups is 4. The Balaban J connectivity index is 1.55. The molecule has 3 amide bonds. The second kappa shape index (κ2) is 15.1. The number of piperazine rings is 1. The van der Waals surface area contributed by atoms with E-state index in [-0.39, 0.29) is 50.3 Å². The Hall–Kier alpha value is -4.06. The number of carbonyl (C=O) groups excluding carboxylic acids is 4. The van der Waals surface area contributed by atoms with Gasteiger partial charge in [-0.25, -0.2) is 0 Å². The Bertz CT molecular complexity index is 1370. The minimum absolute atomic E-state index is 0.0286. The zero-order valence-corrected chi connectivity index (χ0v) is 25.4. The minimum atomic E-state index is -1.93. The molecule has 0 unspecified atom stereocenters. The molecule has 1 fully saturated rings. The number of hydrogen-bond acceptors (Lipinski definition) is 8. The number of unbranched alkanes of at least 4 members (excludes halogenated alkanes) is 1. The fourth-order valence-corrected chi connectivity index (χ4v) is 5.70. The number of nitrogens with zero attached hydrogens (tertiary/aromatic N) is 3.